The van der Waals surface area contributed by atoms with Crippen LogP contribution in [0, 0.1) is 15.2 Å². The summed E-state index contributed by atoms with van der Waals surface area (Å²) in [5, 5.41) is 0. The van der Waals surface area contributed by atoms with Gasteiger partial charge in [-0.1, -0.05) is 18.2 Å². The Morgan fingerprint density at radius 1 is 1.06 bits per heavy atom. The molecule has 0 aliphatic carbocycles. The lowest BCUT2D eigenvalue weighted by Gasteiger charge is -2.13. The van der Waals surface area contributed by atoms with E-state index in [4.69, 9.17) is 5.73 Å². The van der Waals surface area contributed by atoms with Crippen LogP contribution in [-0.2, 0) is 6.42 Å². The molecule has 1 unspecified atom stereocenters. The highest BCUT2D eigenvalue weighted by Gasteiger charge is 2.12. The van der Waals surface area contributed by atoms with Crippen molar-refractivity contribution >= 4 is 22.6 Å². The highest BCUT2D eigenvalue weighted by Crippen LogP contribution is 2.20. The van der Waals surface area contributed by atoms with Crippen molar-refractivity contribution in [3.63, 3.8) is 0 Å². The molecule has 0 aliphatic rings. The lowest BCUT2D eigenvalue weighted by atomic mass is 9.99. The van der Waals surface area contributed by atoms with Gasteiger partial charge in [0, 0.05) is 21.2 Å². The van der Waals surface area contributed by atoms with Gasteiger partial charge in [-0.2, -0.15) is 0 Å². The number of rotatable bonds is 3. The number of benzene rings is 2. The summed E-state index contributed by atoms with van der Waals surface area (Å²) < 4.78 is 27.5. The Bertz CT molecular complexity index is 540. The molecule has 0 amide bonds. The summed E-state index contributed by atoms with van der Waals surface area (Å²) in [5.41, 5.74) is 7.33. The van der Waals surface area contributed by atoms with Gasteiger partial charge in [0.25, 0.3) is 0 Å². The van der Waals surface area contributed by atoms with Gasteiger partial charge in [-0.3, -0.25) is 0 Å². The molecule has 1 atom stereocenters. The standard InChI is InChI=1S/C14H12F2IN/c15-10-3-6-12(13(16)8-10)14(18)7-9-1-4-11(17)5-2-9/h1-6,8,14H,7,18H2. The number of nitrogens with two attached hydrogens (primary N) is 1. The van der Waals surface area contributed by atoms with E-state index in [1.165, 1.54) is 12.1 Å². The van der Waals surface area contributed by atoms with E-state index in [-0.39, 0.29) is 0 Å². The first-order valence-electron chi connectivity index (χ1n) is 5.51. The highest BCUT2D eigenvalue weighted by atomic mass is 127. The predicted octanol–water partition coefficient (Wildman–Crippen LogP) is 3.81. The van der Waals surface area contributed by atoms with E-state index in [1.54, 1.807) is 0 Å². The molecule has 2 N–H and O–H groups in total. The van der Waals surface area contributed by atoms with Crippen LogP contribution in [0.1, 0.15) is 17.2 Å². The summed E-state index contributed by atoms with van der Waals surface area (Å²) in [4.78, 5) is 0. The average molecular weight is 359 g/mol. The number of hydrogen-bond donors (Lipinski definition) is 1. The van der Waals surface area contributed by atoms with Crippen molar-refractivity contribution in [2.24, 2.45) is 5.73 Å². The molecule has 0 fully saturated rings. The second-order valence-electron chi connectivity index (χ2n) is 4.10. The Kier molecular flexibility index (Phi) is 4.29. The molecule has 4 heteroatoms. The smallest absolute Gasteiger partial charge is 0.130 e. The third kappa shape index (κ3) is 3.26. The first kappa shape index (κ1) is 13.4. The Morgan fingerprint density at radius 3 is 2.33 bits per heavy atom. The molecule has 0 saturated carbocycles. The van der Waals surface area contributed by atoms with Gasteiger partial charge in [-0.15, -0.1) is 0 Å². The van der Waals surface area contributed by atoms with Gasteiger partial charge >= 0.3 is 0 Å². The van der Waals surface area contributed by atoms with Crippen molar-refractivity contribution in [3.05, 3.63) is 68.8 Å². The van der Waals surface area contributed by atoms with Gasteiger partial charge < -0.3 is 5.73 Å². The second-order valence-corrected chi connectivity index (χ2v) is 5.35. The fourth-order valence-corrected chi connectivity index (χ4v) is 2.15. The summed E-state index contributed by atoms with van der Waals surface area (Å²) in [5.74, 6) is -1.18. The molecule has 0 spiro atoms. The summed E-state index contributed by atoms with van der Waals surface area (Å²) in [6.45, 7) is 0. The van der Waals surface area contributed by atoms with E-state index in [0.717, 1.165) is 15.2 Å². The third-order valence-corrected chi connectivity index (χ3v) is 3.45. The first-order chi connectivity index (χ1) is 8.56. The Balaban J connectivity index is 2.16. The van der Waals surface area contributed by atoms with Crippen LogP contribution in [0.3, 0.4) is 0 Å². The van der Waals surface area contributed by atoms with Crippen LogP contribution >= 0.6 is 22.6 Å². The number of hydrogen-bond acceptors (Lipinski definition) is 1. The van der Waals surface area contributed by atoms with Crippen LogP contribution < -0.4 is 5.73 Å². The molecule has 2 rings (SSSR count). The molecule has 2 aromatic carbocycles. The van der Waals surface area contributed by atoms with Crippen LogP contribution in [0.4, 0.5) is 8.78 Å². The molecule has 0 radical (unpaired) electrons. The zero-order chi connectivity index (χ0) is 13.1. The largest absolute Gasteiger partial charge is 0.324 e. The topological polar surface area (TPSA) is 26.0 Å². The molecule has 0 aromatic heterocycles. The van der Waals surface area contributed by atoms with Gasteiger partial charge in [-0.05, 0) is 52.8 Å². The zero-order valence-electron chi connectivity index (χ0n) is 9.54. The van der Waals surface area contributed by atoms with Crippen LogP contribution in [-0.4, -0.2) is 0 Å². The minimum absolute atomic E-state index is 0.343. The quantitative estimate of drug-likeness (QED) is 0.829. The maximum absolute atomic E-state index is 13.5. The maximum atomic E-state index is 13.5. The molecule has 2 aromatic rings. The van der Waals surface area contributed by atoms with Crippen molar-refractivity contribution in [2.45, 2.75) is 12.5 Å². The lowest BCUT2D eigenvalue weighted by Crippen LogP contribution is -2.15. The van der Waals surface area contributed by atoms with Crippen LogP contribution in [0.5, 0.6) is 0 Å². The minimum Gasteiger partial charge on any atom is -0.324 e. The Labute approximate surface area is 118 Å². The average Bonchev–Trinajstić information content (AvgIpc) is 2.32. The van der Waals surface area contributed by atoms with Crippen LogP contribution in [0.15, 0.2) is 42.5 Å². The van der Waals surface area contributed by atoms with Crippen molar-refractivity contribution in [1.82, 2.24) is 0 Å². The van der Waals surface area contributed by atoms with Gasteiger partial charge in [0.05, 0.1) is 0 Å². The van der Waals surface area contributed by atoms with Gasteiger partial charge in [0.1, 0.15) is 11.6 Å². The van der Waals surface area contributed by atoms with Crippen molar-refractivity contribution in [3.8, 4) is 0 Å². The second kappa shape index (κ2) is 5.75. The van der Waals surface area contributed by atoms with Crippen LogP contribution in [0.2, 0.25) is 0 Å². The fourth-order valence-electron chi connectivity index (χ4n) is 1.79. The summed E-state index contributed by atoms with van der Waals surface area (Å²) in [7, 11) is 0. The van der Waals surface area contributed by atoms with Crippen molar-refractivity contribution in [2.75, 3.05) is 0 Å². The molecular weight excluding hydrogens is 347 g/mol. The van der Waals surface area contributed by atoms with Crippen LogP contribution in [0.25, 0.3) is 0 Å². The first-order valence-corrected chi connectivity index (χ1v) is 6.59. The molecule has 0 saturated heterocycles. The summed E-state index contributed by atoms with van der Waals surface area (Å²) >= 11 is 2.22. The normalized spacial score (nSPS) is 12.4. The van der Waals surface area contributed by atoms with Gasteiger partial charge in [-0.25, -0.2) is 8.78 Å². The molecular formula is C14H12F2IN. The zero-order valence-corrected chi connectivity index (χ0v) is 11.7. The third-order valence-electron chi connectivity index (χ3n) is 2.73. The lowest BCUT2D eigenvalue weighted by molar-refractivity contribution is 0.554. The molecule has 94 valence electrons. The van der Waals surface area contributed by atoms with E-state index in [1.807, 2.05) is 24.3 Å². The number of halogens is 3. The highest BCUT2D eigenvalue weighted by molar-refractivity contribution is 14.1. The van der Waals surface area contributed by atoms with Gasteiger partial charge in [0.15, 0.2) is 0 Å². The maximum Gasteiger partial charge on any atom is 0.130 e. The molecule has 0 aliphatic heterocycles. The molecule has 0 heterocycles. The van der Waals surface area contributed by atoms with E-state index in [0.29, 0.717) is 12.0 Å². The monoisotopic (exact) mass is 359 g/mol. The van der Waals surface area contributed by atoms with Gasteiger partial charge in [0.2, 0.25) is 0 Å². The van der Waals surface area contributed by atoms with E-state index >= 15 is 0 Å². The van der Waals surface area contributed by atoms with E-state index in [9.17, 15) is 8.78 Å². The fraction of sp³-hybridized carbons (Fsp3) is 0.143. The van der Waals surface area contributed by atoms with Crippen molar-refractivity contribution in [1.29, 1.82) is 0 Å². The molecule has 18 heavy (non-hydrogen) atoms. The Hall–Kier alpha value is -1.01. The molecule has 0 bridgehead atoms. The summed E-state index contributed by atoms with van der Waals surface area (Å²) in [6, 6.07) is 10.9. The SMILES string of the molecule is NC(Cc1ccc(I)cc1)c1ccc(F)cc1F. The minimum atomic E-state index is -0.590. The Morgan fingerprint density at radius 2 is 1.72 bits per heavy atom. The van der Waals surface area contributed by atoms with E-state index in [2.05, 4.69) is 22.6 Å². The van der Waals surface area contributed by atoms with Crippen molar-refractivity contribution < 1.29 is 8.78 Å². The predicted molar refractivity (Wildman–Crippen MR) is 76.1 cm³/mol. The summed E-state index contributed by atoms with van der Waals surface area (Å²) in [6.07, 6.45) is 0.527. The molecule has 1 nitrogen and oxygen atoms in total. The van der Waals surface area contributed by atoms with E-state index < -0.39 is 17.7 Å².